The van der Waals surface area contributed by atoms with Crippen LogP contribution in [0.15, 0.2) is 30.3 Å². The van der Waals surface area contributed by atoms with Crippen LogP contribution < -0.4 is 9.47 Å². The molecule has 2 bridgehead atoms. The van der Waals surface area contributed by atoms with Gasteiger partial charge in [0, 0.05) is 24.0 Å². The van der Waals surface area contributed by atoms with Crippen LogP contribution in [-0.2, 0) is 16.3 Å². The number of ketones is 1. The van der Waals surface area contributed by atoms with Crippen LogP contribution in [0.4, 0.5) is 0 Å². The summed E-state index contributed by atoms with van der Waals surface area (Å²) in [6.07, 6.45) is -1.59. The molecule has 0 saturated carbocycles. The van der Waals surface area contributed by atoms with Gasteiger partial charge >= 0.3 is 0 Å². The number of phenolic OH excluding ortho intramolecular Hbond substituents is 1. The van der Waals surface area contributed by atoms with E-state index in [1.54, 1.807) is 24.3 Å². The molecule has 0 unspecified atom stereocenters. The molecule has 3 N–H and O–H groups in total. The molecule has 0 radical (unpaired) electrons. The van der Waals surface area contributed by atoms with Crippen molar-refractivity contribution in [3.63, 3.8) is 0 Å². The number of ether oxygens (including phenoxy) is 3. The van der Waals surface area contributed by atoms with E-state index in [1.807, 2.05) is 0 Å². The lowest BCUT2D eigenvalue weighted by Crippen LogP contribution is -2.63. The maximum absolute atomic E-state index is 12.4. The molecule has 0 saturated heterocycles. The monoisotopic (exact) mass is 368 g/mol. The van der Waals surface area contributed by atoms with Gasteiger partial charge in [-0.3, -0.25) is 9.53 Å². The highest BCUT2D eigenvalue weighted by Gasteiger charge is 2.65. The topological polar surface area (TPSA) is 105 Å². The average Bonchev–Trinajstić information content (AvgIpc) is 2.64. The highest BCUT2D eigenvalue weighted by atomic mass is 16.8. The van der Waals surface area contributed by atoms with E-state index in [0.29, 0.717) is 46.6 Å². The Hall–Kier alpha value is -2.61. The van der Waals surface area contributed by atoms with Crippen molar-refractivity contribution in [1.29, 1.82) is 0 Å². The Morgan fingerprint density at radius 1 is 1.04 bits per heavy atom. The van der Waals surface area contributed by atoms with Crippen molar-refractivity contribution in [2.75, 3.05) is 0 Å². The number of carbonyl (C=O) groups excluding carboxylic acids is 1. The molecule has 2 aromatic carbocycles. The molecular weight excluding hydrogens is 352 g/mol. The van der Waals surface area contributed by atoms with Gasteiger partial charge in [0.05, 0.1) is 17.2 Å². The van der Waals surface area contributed by atoms with Gasteiger partial charge in [-0.1, -0.05) is 12.1 Å². The predicted molar refractivity (Wildman–Crippen MR) is 89.4 cm³/mol. The highest BCUT2D eigenvalue weighted by Crippen LogP contribution is 2.62. The van der Waals surface area contributed by atoms with Gasteiger partial charge in [0.1, 0.15) is 23.4 Å². The van der Waals surface area contributed by atoms with E-state index in [4.69, 9.17) is 14.2 Å². The number of hydrogen-bond donors (Lipinski definition) is 3. The summed E-state index contributed by atoms with van der Waals surface area (Å²) in [4.78, 5) is 12.4. The molecule has 27 heavy (non-hydrogen) atoms. The van der Waals surface area contributed by atoms with Crippen LogP contribution in [0.3, 0.4) is 0 Å². The number of benzene rings is 2. The minimum atomic E-state index is -1.57. The minimum absolute atomic E-state index is 0.0639. The minimum Gasteiger partial charge on any atom is -0.508 e. The molecule has 0 amide bonds. The SMILES string of the molecule is O=C1C[C@@H](O)[C@]23Oc4ccc(O)c5c4[C@](CC[C@H]5O)(Oc4cccc1c42)O3. The molecule has 4 atom stereocenters. The zero-order valence-electron chi connectivity index (χ0n) is 14.1. The van der Waals surface area contributed by atoms with Crippen LogP contribution in [0.1, 0.15) is 52.4 Å². The molecule has 6 rings (SSSR count). The van der Waals surface area contributed by atoms with Gasteiger partial charge in [-0.15, -0.1) is 0 Å². The maximum atomic E-state index is 12.4. The predicted octanol–water partition coefficient (Wildman–Crippen LogP) is 1.97. The van der Waals surface area contributed by atoms with Crippen molar-refractivity contribution < 1.29 is 34.3 Å². The summed E-state index contributed by atoms with van der Waals surface area (Å²) in [5, 5.41) is 31.6. The molecule has 2 aliphatic carbocycles. The van der Waals surface area contributed by atoms with Crippen LogP contribution in [0, 0.1) is 0 Å². The van der Waals surface area contributed by atoms with Crippen molar-refractivity contribution in [2.24, 2.45) is 0 Å². The van der Waals surface area contributed by atoms with Gasteiger partial charge in [-0.05, 0) is 24.6 Å². The first-order valence-electron chi connectivity index (χ1n) is 8.92. The molecule has 7 nitrogen and oxygen atoms in total. The van der Waals surface area contributed by atoms with Gasteiger partial charge in [0.15, 0.2) is 5.78 Å². The Kier molecular flexibility index (Phi) is 2.64. The number of hydrogen-bond acceptors (Lipinski definition) is 7. The zero-order chi connectivity index (χ0) is 18.6. The third-order valence-electron chi connectivity index (χ3n) is 5.99. The maximum Gasteiger partial charge on any atom is 0.271 e. The largest absolute Gasteiger partial charge is 0.508 e. The number of aliphatic hydroxyl groups is 2. The Morgan fingerprint density at radius 3 is 2.70 bits per heavy atom. The Morgan fingerprint density at radius 2 is 1.85 bits per heavy atom. The van der Waals surface area contributed by atoms with Crippen molar-refractivity contribution in [1.82, 2.24) is 0 Å². The lowest BCUT2D eigenvalue weighted by molar-refractivity contribution is -0.388. The lowest BCUT2D eigenvalue weighted by atomic mass is 9.77. The van der Waals surface area contributed by atoms with Gasteiger partial charge in [-0.2, -0.15) is 0 Å². The summed E-state index contributed by atoms with van der Waals surface area (Å²) >= 11 is 0. The van der Waals surface area contributed by atoms with Gasteiger partial charge in [-0.25, -0.2) is 0 Å². The van der Waals surface area contributed by atoms with Gasteiger partial charge in [0.2, 0.25) is 5.79 Å². The van der Waals surface area contributed by atoms with E-state index in [-0.39, 0.29) is 18.0 Å². The highest BCUT2D eigenvalue weighted by molar-refractivity contribution is 6.00. The molecule has 7 heteroatoms. The zero-order valence-corrected chi connectivity index (χ0v) is 14.1. The van der Waals surface area contributed by atoms with Crippen molar-refractivity contribution >= 4 is 5.78 Å². The van der Waals surface area contributed by atoms with E-state index < -0.39 is 23.8 Å². The number of Topliss-reactive ketones (excluding diaryl/α,β-unsaturated/α-hetero) is 1. The second-order valence-electron chi connectivity index (χ2n) is 7.47. The molecule has 0 aromatic heterocycles. The summed E-state index contributed by atoms with van der Waals surface area (Å²) in [7, 11) is 0. The Bertz CT molecular complexity index is 1030. The summed E-state index contributed by atoms with van der Waals surface area (Å²) in [5.41, 5.74) is 1.55. The van der Waals surface area contributed by atoms with E-state index >= 15 is 0 Å². The number of aromatic hydroxyl groups is 1. The molecule has 2 aromatic rings. The lowest BCUT2D eigenvalue weighted by Gasteiger charge is -2.56. The van der Waals surface area contributed by atoms with E-state index in [0.717, 1.165) is 0 Å². The van der Waals surface area contributed by atoms with Crippen LogP contribution in [0.5, 0.6) is 17.2 Å². The summed E-state index contributed by atoms with van der Waals surface area (Å²) < 4.78 is 18.7. The Labute approximate surface area is 153 Å². The second-order valence-corrected chi connectivity index (χ2v) is 7.47. The van der Waals surface area contributed by atoms with Crippen LogP contribution in [0.2, 0.25) is 0 Å². The third-order valence-corrected chi connectivity index (χ3v) is 5.99. The third kappa shape index (κ3) is 1.66. The molecule has 4 aliphatic rings. The first kappa shape index (κ1) is 15.4. The standard InChI is InChI=1S/C20H16O7/c21-10-4-5-14-18-16(10)11(22)6-7-19(18)25-13-3-1-2-9-12(23)8-15(24)20(26-14,27-19)17(9)13/h1-5,11,15,21-22,24H,6-8H2/t11-,15-,19-,20-/m1/s1. The molecule has 0 fully saturated rings. The van der Waals surface area contributed by atoms with E-state index in [2.05, 4.69) is 0 Å². The first-order valence-corrected chi connectivity index (χ1v) is 8.92. The molecule has 138 valence electrons. The number of rotatable bonds is 0. The van der Waals surface area contributed by atoms with Crippen molar-refractivity contribution in [3.8, 4) is 17.2 Å². The van der Waals surface area contributed by atoms with Gasteiger partial charge in [0.25, 0.3) is 5.79 Å². The fourth-order valence-electron chi connectivity index (χ4n) is 4.86. The first-order chi connectivity index (χ1) is 13.0. The quantitative estimate of drug-likeness (QED) is 0.653. The molecule has 2 aliphatic heterocycles. The Balaban J connectivity index is 1.70. The van der Waals surface area contributed by atoms with Crippen molar-refractivity contribution in [3.05, 3.63) is 52.6 Å². The smallest absolute Gasteiger partial charge is 0.271 e. The number of phenols is 1. The van der Waals surface area contributed by atoms with E-state index in [9.17, 15) is 20.1 Å². The normalized spacial score (nSPS) is 34.8. The van der Waals surface area contributed by atoms with Crippen LogP contribution >= 0.6 is 0 Å². The molecule has 2 spiro atoms. The fourth-order valence-corrected chi connectivity index (χ4v) is 4.86. The summed E-state index contributed by atoms with van der Waals surface area (Å²) in [6.45, 7) is 0. The molecular formula is C20H16O7. The van der Waals surface area contributed by atoms with Crippen molar-refractivity contribution in [2.45, 2.75) is 43.0 Å². The van der Waals surface area contributed by atoms with Crippen LogP contribution in [0.25, 0.3) is 0 Å². The summed E-state index contributed by atoms with van der Waals surface area (Å²) in [6, 6.07) is 8.13. The fraction of sp³-hybridized carbons (Fsp3) is 0.350. The average molecular weight is 368 g/mol. The van der Waals surface area contributed by atoms with Gasteiger partial charge < -0.3 is 24.8 Å². The number of aliphatic hydroxyl groups excluding tert-OH is 2. The van der Waals surface area contributed by atoms with E-state index in [1.165, 1.54) is 6.07 Å². The van der Waals surface area contributed by atoms with Crippen LogP contribution in [-0.4, -0.2) is 27.2 Å². The molecule has 2 heterocycles. The number of carbonyl (C=O) groups is 1. The summed E-state index contributed by atoms with van der Waals surface area (Å²) in [5.74, 6) is -2.38. The second kappa shape index (κ2) is 4.62.